The Balaban J connectivity index is 2.96. The average Bonchev–Trinajstić information content (AvgIpc) is 2.15. The third-order valence-corrected chi connectivity index (χ3v) is 2.81. The lowest BCUT2D eigenvalue weighted by atomic mass is 10.2. The number of carbonyl (C=O) groups is 1. The molecular weight excluding hydrogens is 224 g/mol. The zero-order valence-electron chi connectivity index (χ0n) is 7.24. The first kappa shape index (κ1) is 11.4. The molecule has 1 aromatic carbocycles. The van der Waals surface area contributed by atoms with Crippen LogP contribution in [-0.4, -0.2) is 28.5 Å². The molecule has 0 fully saturated rings. The van der Waals surface area contributed by atoms with Gasteiger partial charge in [-0.3, -0.25) is 0 Å². The van der Waals surface area contributed by atoms with E-state index in [9.17, 15) is 4.79 Å². The first-order chi connectivity index (χ1) is 6.65. The number of thioether (sulfide) groups is 1. The van der Waals surface area contributed by atoms with Crippen LogP contribution in [0.3, 0.4) is 0 Å². The van der Waals surface area contributed by atoms with E-state index in [0.29, 0.717) is 15.7 Å². The van der Waals surface area contributed by atoms with E-state index in [-0.39, 0.29) is 12.2 Å². The highest BCUT2D eigenvalue weighted by Gasteiger charge is 2.10. The second-order valence-electron chi connectivity index (χ2n) is 2.52. The fraction of sp³-hybridized carbons (Fsp3) is 0.222. The summed E-state index contributed by atoms with van der Waals surface area (Å²) in [4.78, 5) is 11.4. The molecule has 0 saturated carbocycles. The Morgan fingerprint density at radius 2 is 2.21 bits per heavy atom. The molecule has 0 saturated heterocycles. The summed E-state index contributed by atoms with van der Waals surface area (Å²) >= 11 is 6.97. The summed E-state index contributed by atoms with van der Waals surface area (Å²) in [6.07, 6.45) is 0. The zero-order chi connectivity index (χ0) is 10.6. The molecular formula is C9H9ClO3S. The highest BCUT2D eigenvalue weighted by Crippen LogP contribution is 2.25. The molecule has 76 valence electrons. The third-order valence-electron chi connectivity index (χ3n) is 1.52. The Bertz CT molecular complexity index is 341. The summed E-state index contributed by atoms with van der Waals surface area (Å²) in [5, 5.41) is 17.9. The van der Waals surface area contributed by atoms with Crippen LogP contribution in [0.25, 0.3) is 0 Å². The van der Waals surface area contributed by atoms with Gasteiger partial charge in [0.25, 0.3) is 0 Å². The number of carboxylic acids is 1. The molecule has 0 aliphatic rings. The van der Waals surface area contributed by atoms with Crippen LogP contribution < -0.4 is 0 Å². The fourth-order valence-corrected chi connectivity index (χ4v) is 1.90. The Labute approximate surface area is 90.7 Å². The van der Waals surface area contributed by atoms with E-state index in [1.807, 2.05) is 0 Å². The van der Waals surface area contributed by atoms with Gasteiger partial charge in [0.05, 0.1) is 12.2 Å². The molecule has 0 heterocycles. The molecule has 0 aliphatic heterocycles. The minimum Gasteiger partial charge on any atom is -0.478 e. The molecule has 0 unspecified atom stereocenters. The van der Waals surface area contributed by atoms with Crippen LogP contribution in [0.15, 0.2) is 23.1 Å². The SMILES string of the molecule is O=C(O)c1cc(Cl)ccc1SCCO. The van der Waals surface area contributed by atoms with Crippen molar-refractivity contribution in [2.75, 3.05) is 12.4 Å². The molecule has 2 N–H and O–H groups in total. The van der Waals surface area contributed by atoms with Crippen molar-refractivity contribution in [1.29, 1.82) is 0 Å². The maximum atomic E-state index is 10.8. The number of aliphatic hydroxyl groups excluding tert-OH is 1. The minimum absolute atomic E-state index is 0.0202. The Morgan fingerprint density at radius 1 is 1.50 bits per heavy atom. The van der Waals surface area contributed by atoms with Crippen LogP contribution >= 0.6 is 23.4 Å². The lowest BCUT2D eigenvalue weighted by Crippen LogP contribution is -1.99. The van der Waals surface area contributed by atoms with E-state index in [1.165, 1.54) is 17.8 Å². The Kier molecular flexibility index (Phi) is 4.25. The molecule has 1 aromatic rings. The van der Waals surface area contributed by atoms with Crippen molar-refractivity contribution < 1.29 is 15.0 Å². The van der Waals surface area contributed by atoms with Crippen molar-refractivity contribution in [3.63, 3.8) is 0 Å². The number of carboxylic acid groups (broad SMARTS) is 1. The summed E-state index contributed by atoms with van der Waals surface area (Å²) in [7, 11) is 0. The van der Waals surface area contributed by atoms with E-state index in [0.717, 1.165) is 0 Å². The van der Waals surface area contributed by atoms with Crippen LogP contribution in [0.4, 0.5) is 0 Å². The number of aliphatic hydroxyl groups is 1. The standard InChI is InChI=1S/C9H9ClO3S/c10-6-1-2-8(14-4-3-11)7(5-6)9(12)13/h1-2,5,11H,3-4H2,(H,12,13). The molecule has 1 rings (SSSR count). The summed E-state index contributed by atoms with van der Waals surface area (Å²) in [5.41, 5.74) is 0.177. The summed E-state index contributed by atoms with van der Waals surface area (Å²) in [5.74, 6) is -0.532. The van der Waals surface area contributed by atoms with E-state index < -0.39 is 5.97 Å². The van der Waals surface area contributed by atoms with E-state index in [1.54, 1.807) is 12.1 Å². The van der Waals surface area contributed by atoms with Crippen LogP contribution in [0.5, 0.6) is 0 Å². The molecule has 0 atom stereocenters. The van der Waals surface area contributed by atoms with Crippen molar-refractivity contribution >= 4 is 29.3 Å². The number of rotatable bonds is 4. The van der Waals surface area contributed by atoms with Gasteiger partial charge in [0.2, 0.25) is 0 Å². The largest absolute Gasteiger partial charge is 0.478 e. The number of aromatic carboxylic acids is 1. The molecule has 14 heavy (non-hydrogen) atoms. The smallest absolute Gasteiger partial charge is 0.336 e. The lowest BCUT2D eigenvalue weighted by Gasteiger charge is -2.04. The number of hydrogen-bond acceptors (Lipinski definition) is 3. The van der Waals surface area contributed by atoms with Crippen LogP contribution in [0, 0.1) is 0 Å². The van der Waals surface area contributed by atoms with Crippen molar-refractivity contribution in [2.45, 2.75) is 4.90 Å². The van der Waals surface area contributed by atoms with Crippen LogP contribution in [-0.2, 0) is 0 Å². The molecule has 0 aromatic heterocycles. The molecule has 0 radical (unpaired) electrons. The highest BCUT2D eigenvalue weighted by molar-refractivity contribution is 7.99. The van der Waals surface area contributed by atoms with Crippen molar-refractivity contribution in [3.8, 4) is 0 Å². The fourth-order valence-electron chi connectivity index (χ4n) is 0.951. The van der Waals surface area contributed by atoms with Crippen LogP contribution in [0.1, 0.15) is 10.4 Å². The summed E-state index contributed by atoms with van der Waals surface area (Å²) in [6.45, 7) is 0.0202. The van der Waals surface area contributed by atoms with Gasteiger partial charge in [0.1, 0.15) is 0 Å². The quantitative estimate of drug-likeness (QED) is 0.781. The molecule has 5 heteroatoms. The van der Waals surface area contributed by atoms with Gasteiger partial charge < -0.3 is 10.2 Å². The van der Waals surface area contributed by atoms with Gasteiger partial charge >= 0.3 is 5.97 Å². The van der Waals surface area contributed by atoms with Crippen molar-refractivity contribution in [3.05, 3.63) is 28.8 Å². The lowest BCUT2D eigenvalue weighted by molar-refractivity contribution is 0.0693. The average molecular weight is 233 g/mol. The van der Waals surface area contributed by atoms with E-state index >= 15 is 0 Å². The molecule has 3 nitrogen and oxygen atoms in total. The van der Waals surface area contributed by atoms with Gasteiger partial charge in [0.15, 0.2) is 0 Å². The van der Waals surface area contributed by atoms with Crippen molar-refractivity contribution in [1.82, 2.24) is 0 Å². The number of halogens is 1. The molecule has 0 bridgehead atoms. The van der Waals surface area contributed by atoms with Gasteiger partial charge in [-0.1, -0.05) is 11.6 Å². The summed E-state index contributed by atoms with van der Waals surface area (Å²) in [6, 6.07) is 4.68. The predicted octanol–water partition coefficient (Wildman–Crippen LogP) is 2.12. The summed E-state index contributed by atoms with van der Waals surface area (Å²) < 4.78 is 0. The normalized spacial score (nSPS) is 10.1. The third kappa shape index (κ3) is 2.90. The molecule has 0 amide bonds. The van der Waals surface area contributed by atoms with Gasteiger partial charge in [-0.2, -0.15) is 0 Å². The zero-order valence-corrected chi connectivity index (χ0v) is 8.81. The maximum absolute atomic E-state index is 10.8. The maximum Gasteiger partial charge on any atom is 0.336 e. The Morgan fingerprint density at radius 3 is 2.79 bits per heavy atom. The number of benzene rings is 1. The van der Waals surface area contributed by atoms with Crippen LogP contribution in [0.2, 0.25) is 5.02 Å². The predicted molar refractivity (Wildman–Crippen MR) is 56.2 cm³/mol. The van der Waals surface area contributed by atoms with Crippen molar-refractivity contribution in [2.24, 2.45) is 0 Å². The molecule has 0 spiro atoms. The van der Waals surface area contributed by atoms with Gasteiger partial charge in [-0.25, -0.2) is 4.79 Å². The number of hydrogen-bond donors (Lipinski definition) is 2. The topological polar surface area (TPSA) is 57.5 Å². The monoisotopic (exact) mass is 232 g/mol. The first-order valence-corrected chi connectivity index (χ1v) is 5.28. The van der Waals surface area contributed by atoms with E-state index in [2.05, 4.69) is 0 Å². The molecule has 0 aliphatic carbocycles. The first-order valence-electron chi connectivity index (χ1n) is 3.91. The van der Waals surface area contributed by atoms with Gasteiger partial charge in [0, 0.05) is 15.7 Å². The highest BCUT2D eigenvalue weighted by atomic mass is 35.5. The Hall–Kier alpha value is -0.710. The minimum atomic E-state index is -1.01. The van der Waals surface area contributed by atoms with Gasteiger partial charge in [-0.15, -0.1) is 11.8 Å². The van der Waals surface area contributed by atoms with E-state index in [4.69, 9.17) is 21.8 Å². The van der Waals surface area contributed by atoms with Gasteiger partial charge in [-0.05, 0) is 18.2 Å². The second kappa shape index (κ2) is 5.24. The second-order valence-corrected chi connectivity index (χ2v) is 4.09.